The van der Waals surface area contributed by atoms with Crippen LogP contribution in [-0.4, -0.2) is 60.0 Å². The van der Waals surface area contributed by atoms with Gasteiger partial charge in [-0.1, -0.05) is 22.9 Å². The first-order chi connectivity index (χ1) is 19.2. The van der Waals surface area contributed by atoms with E-state index in [9.17, 15) is 4.79 Å². The van der Waals surface area contributed by atoms with Crippen molar-refractivity contribution in [2.75, 3.05) is 23.3 Å². The zero-order valence-corrected chi connectivity index (χ0v) is 23.5. The average molecular weight is 562 g/mol. The summed E-state index contributed by atoms with van der Waals surface area (Å²) in [6, 6.07) is 6.33. The van der Waals surface area contributed by atoms with Gasteiger partial charge in [0.15, 0.2) is 6.73 Å². The number of carbonyl (C=O) groups is 1. The second kappa shape index (κ2) is 10.5. The number of hydrogen-bond donors (Lipinski definition) is 2. The second-order valence-corrected chi connectivity index (χ2v) is 11.9. The molecule has 3 aromatic heterocycles. The number of aromatic nitrogens is 7. The summed E-state index contributed by atoms with van der Waals surface area (Å²) < 4.78 is 6.90. The van der Waals surface area contributed by atoms with Gasteiger partial charge < -0.3 is 19.9 Å². The lowest BCUT2D eigenvalue weighted by Crippen LogP contribution is -2.24. The molecule has 0 bridgehead atoms. The zero-order valence-electron chi connectivity index (χ0n) is 22.8. The fraction of sp³-hybridized carbons (Fsp3) is 0.429. The highest BCUT2D eigenvalue weighted by Crippen LogP contribution is 2.30. The molecule has 6 rings (SSSR count). The molecule has 11 nitrogen and oxygen atoms in total. The van der Waals surface area contributed by atoms with Crippen LogP contribution in [0.1, 0.15) is 49.9 Å². The van der Waals surface area contributed by atoms with Crippen molar-refractivity contribution < 1.29 is 9.53 Å². The van der Waals surface area contributed by atoms with Gasteiger partial charge in [0.1, 0.15) is 0 Å². The van der Waals surface area contributed by atoms with E-state index in [0.717, 1.165) is 60.3 Å². The van der Waals surface area contributed by atoms with Crippen molar-refractivity contribution in [3.05, 3.63) is 64.8 Å². The number of fused-ring (bicyclic) bond motifs is 1. The van der Waals surface area contributed by atoms with Crippen LogP contribution in [-0.2, 0) is 29.1 Å². The van der Waals surface area contributed by atoms with Gasteiger partial charge in [-0.3, -0.25) is 4.79 Å². The number of nitrogens with one attached hydrogen (secondary N) is 2. The number of H-pyrrole nitrogens is 1. The van der Waals surface area contributed by atoms with E-state index in [-0.39, 0.29) is 24.7 Å². The lowest BCUT2D eigenvalue weighted by atomic mass is 9.98. The predicted octanol–water partition coefficient (Wildman–Crippen LogP) is 4.23. The maximum absolute atomic E-state index is 12.0. The molecule has 40 heavy (non-hydrogen) atoms. The minimum Gasteiger partial charge on any atom is -0.442 e. The van der Waals surface area contributed by atoms with Gasteiger partial charge >= 0.3 is 5.97 Å². The standard InChI is InChI=1S/C28H32ClN9O2/c1-28(2,3)25(39)40-16-38-15-24(35-36-38)18-6-7-37(14-18)27-32-13-23(34-27)20-11-30-26(31-12-20)33-22-9-17-4-5-21(29)8-19(17)10-22/h4-5,8,11-13,15,18,22H,6-7,9-10,14,16H2,1-3H3,(H,32,34)(H,30,31,33). The lowest BCUT2D eigenvalue weighted by Gasteiger charge is -2.16. The fourth-order valence-corrected chi connectivity index (χ4v) is 5.32. The van der Waals surface area contributed by atoms with Gasteiger partial charge in [0, 0.05) is 48.0 Å². The van der Waals surface area contributed by atoms with Crippen LogP contribution >= 0.6 is 11.6 Å². The first kappa shape index (κ1) is 26.2. The van der Waals surface area contributed by atoms with Crippen molar-refractivity contribution in [1.29, 1.82) is 0 Å². The Morgan fingerprint density at radius 3 is 2.75 bits per heavy atom. The molecule has 1 saturated heterocycles. The number of esters is 1. The predicted molar refractivity (Wildman–Crippen MR) is 151 cm³/mol. The molecule has 4 aromatic rings. The highest BCUT2D eigenvalue weighted by atomic mass is 35.5. The van der Waals surface area contributed by atoms with Crippen molar-refractivity contribution in [1.82, 2.24) is 34.9 Å². The molecule has 1 aliphatic heterocycles. The molecular formula is C28H32ClN9O2. The van der Waals surface area contributed by atoms with Crippen molar-refractivity contribution in [3.8, 4) is 11.3 Å². The highest BCUT2D eigenvalue weighted by Gasteiger charge is 2.29. The summed E-state index contributed by atoms with van der Waals surface area (Å²) in [5.41, 5.74) is 4.65. The molecule has 0 radical (unpaired) electrons. The Morgan fingerprint density at radius 1 is 1.15 bits per heavy atom. The summed E-state index contributed by atoms with van der Waals surface area (Å²) in [6.07, 6.45) is 10.0. The lowest BCUT2D eigenvalue weighted by molar-refractivity contribution is -0.157. The molecule has 2 N–H and O–H groups in total. The van der Waals surface area contributed by atoms with Crippen LogP contribution in [0.5, 0.6) is 0 Å². The highest BCUT2D eigenvalue weighted by molar-refractivity contribution is 6.30. The van der Waals surface area contributed by atoms with Crippen LogP contribution < -0.4 is 10.2 Å². The average Bonchev–Trinajstić information content (AvgIpc) is 3.72. The minimum absolute atomic E-state index is 0.0562. The molecule has 0 amide bonds. The van der Waals surface area contributed by atoms with E-state index < -0.39 is 5.41 Å². The summed E-state index contributed by atoms with van der Waals surface area (Å²) in [4.78, 5) is 31.3. The van der Waals surface area contributed by atoms with Gasteiger partial charge in [-0.15, -0.1) is 5.10 Å². The molecule has 2 aliphatic rings. The van der Waals surface area contributed by atoms with Gasteiger partial charge in [0.05, 0.1) is 29.2 Å². The van der Waals surface area contributed by atoms with Crippen molar-refractivity contribution in [2.45, 2.75) is 58.7 Å². The van der Waals surface area contributed by atoms with Crippen LogP contribution in [0.3, 0.4) is 0 Å². The number of nitrogens with zero attached hydrogens (tertiary/aromatic N) is 7. The van der Waals surface area contributed by atoms with Crippen LogP contribution in [0, 0.1) is 5.41 Å². The van der Waals surface area contributed by atoms with Crippen molar-refractivity contribution in [3.63, 3.8) is 0 Å². The second-order valence-electron chi connectivity index (χ2n) is 11.5. The van der Waals surface area contributed by atoms with Gasteiger partial charge in [-0.25, -0.2) is 19.6 Å². The summed E-state index contributed by atoms with van der Waals surface area (Å²) in [5.74, 6) is 1.35. The number of hydrogen-bond acceptors (Lipinski definition) is 9. The number of aromatic amines is 1. The molecule has 0 spiro atoms. The fourth-order valence-electron chi connectivity index (χ4n) is 5.13. The van der Waals surface area contributed by atoms with Crippen LogP contribution in [0.2, 0.25) is 5.02 Å². The van der Waals surface area contributed by atoms with E-state index in [2.05, 4.69) is 46.5 Å². The molecule has 2 unspecified atom stereocenters. The van der Waals surface area contributed by atoms with E-state index in [1.807, 2.05) is 57.7 Å². The molecule has 0 saturated carbocycles. The summed E-state index contributed by atoms with van der Waals surface area (Å²) in [7, 11) is 0. The zero-order chi connectivity index (χ0) is 27.9. The largest absolute Gasteiger partial charge is 0.442 e. The smallest absolute Gasteiger partial charge is 0.313 e. The molecule has 1 aromatic carbocycles. The number of imidazole rings is 1. The van der Waals surface area contributed by atoms with Gasteiger partial charge in [-0.05, 0) is 63.3 Å². The SMILES string of the molecule is CC(C)(C)C(=O)OCn1cc(C2CCN(c3ncc(-c4cnc(NC5Cc6ccc(Cl)cc6C5)nc4)[nH]3)C2)nn1. The van der Waals surface area contributed by atoms with Crippen LogP contribution in [0.4, 0.5) is 11.9 Å². The third kappa shape index (κ3) is 5.65. The van der Waals surface area contributed by atoms with E-state index in [1.165, 1.54) is 11.1 Å². The van der Waals surface area contributed by atoms with Crippen molar-refractivity contribution in [2.24, 2.45) is 5.41 Å². The monoisotopic (exact) mass is 561 g/mol. The van der Waals surface area contributed by atoms with E-state index in [4.69, 9.17) is 16.3 Å². The minimum atomic E-state index is -0.555. The molecule has 12 heteroatoms. The normalized spacial score (nSPS) is 18.6. The van der Waals surface area contributed by atoms with Gasteiger partial charge in [0.25, 0.3) is 0 Å². The van der Waals surface area contributed by atoms with Gasteiger partial charge in [0.2, 0.25) is 11.9 Å². The van der Waals surface area contributed by atoms with Crippen molar-refractivity contribution >= 4 is 29.5 Å². The third-order valence-corrected chi connectivity index (χ3v) is 7.60. The molecular weight excluding hydrogens is 530 g/mol. The van der Waals surface area contributed by atoms with E-state index >= 15 is 0 Å². The quantitative estimate of drug-likeness (QED) is 0.319. The number of carbonyl (C=O) groups excluding carboxylic acids is 1. The Balaban J connectivity index is 1.03. The number of benzene rings is 1. The Kier molecular flexibility index (Phi) is 6.91. The topological polar surface area (TPSA) is 127 Å². The van der Waals surface area contributed by atoms with Crippen LogP contribution in [0.15, 0.2) is 43.0 Å². The Labute approximate surface area is 237 Å². The third-order valence-electron chi connectivity index (χ3n) is 7.36. The Bertz CT molecular complexity index is 1510. The maximum Gasteiger partial charge on any atom is 0.313 e. The van der Waals surface area contributed by atoms with Gasteiger partial charge in [-0.2, -0.15) is 0 Å². The molecule has 2 atom stereocenters. The molecule has 4 heterocycles. The number of rotatable bonds is 7. The maximum atomic E-state index is 12.0. The first-order valence-electron chi connectivity index (χ1n) is 13.4. The summed E-state index contributed by atoms with van der Waals surface area (Å²) >= 11 is 6.14. The van der Waals surface area contributed by atoms with E-state index in [1.54, 1.807) is 4.68 Å². The Hall–Kier alpha value is -3.99. The van der Waals surface area contributed by atoms with E-state index in [0.29, 0.717) is 5.95 Å². The number of anilines is 2. The first-order valence-corrected chi connectivity index (χ1v) is 13.8. The number of halogens is 1. The summed E-state index contributed by atoms with van der Waals surface area (Å²) in [5, 5.41) is 12.7. The Morgan fingerprint density at radius 2 is 1.95 bits per heavy atom. The summed E-state index contributed by atoms with van der Waals surface area (Å²) in [6.45, 7) is 7.13. The molecule has 1 aliphatic carbocycles. The molecule has 1 fully saturated rings. The number of ether oxygens (including phenoxy) is 1. The molecule has 208 valence electrons. The van der Waals surface area contributed by atoms with Crippen LogP contribution in [0.25, 0.3) is 11.3 Å².